The lowest BCUT2D eigenvalue weighted by Crippen LogP contribution is -2.26. The molecule has 1 unspecified atom stereocenters. The van der Waals surface area contributed by atoms with Gasteiger partial charge in [-0.15, -0.1) is 0 Å². The molecule has 1 rings (SSSR count). The molecule has 80 valence electrons. The molecule has 1 atom stereocenters. The first-order valence-electron chi connectivity index (χ1n) is 5.19. The second-order valence-electron chi connectivity index (χ2n) is 5.38. The van der Waals surface area contributed by atoms with E-state index < -0.39 is 0 Å². The minimum Gasteiger partial charge on any atom is -0.303 e. The van der Waals surface area contributed by atoms with Gasteiger partial charge in [-0.3, -0.25) is 0 Å². The van der Waals surface area contributed by atoms with Crippen molar-refractivity contribution in [1.82, 2.24) is 4.90 Å². The maximum absolute atomic E-state index is 2.52. The lowest BCUT2D eigenvalue weighted by Gasteiger charge is -2.24. The first kappa shape index (κ1) is 13.0. The zero-order valence-corrected chi connectivity index (χ0v) is 9.06. The summed E-state index contributed by atoms with van der Waals surface area (Å²) in [6.45, 7) is 8.32. The first-order chi connectivity index (χ1) is 5.49. The summed E-state index contributed by atoms with van der Waals surface area (Å²) in [5.41, 5.74) is 0.517. The summed E-state index contributed by atoms with van der Waals surface area (Å²) in [4.78, 5) is 2.52. The topological polar surface area (TPSA) is 3.24 Å². The van der Waals surface area contributed by atoms with Crippen LogP contribution in [0.25, 0.3) is 0 Å². The number of hydrogen-bond acceptors (Lipinski definition) is 1. The van der Waals surface area contributed by atoms with Crippen molar-refractivity contribution in [3.8, 4) is 0 Å². The monoisotopic (exact) mass is 185 g/mol. The van der Waals surface area contributed by atoms with Crippen LogP contribution in [-0.2, 0) is 0 Å². The Bertz CT molecular complexity index is 135. The van der Waals surface area contributed by atoms with E-state index in [4.69, 9.17) is 0 Å². The van der Waals surface area contributed by atoms with Gasteiger partial charge in [0.1, 0.15) is 0 Å². The van der Waals surface area contributed by atoms with Gasteiger partial charge >= 0.3 is 0 Å². The van der Waals surface area contributed by atoms with E-state index in [0.29, 0.717) is 5.41 Å². The van der Waals surface area contributed by atoms with Gasteiger partial charge < -0.3 is 4.90 Å². The molecule has 0 aromatic heterocycles. The quantitative estimate of drug-likeness (QED) is 0.636. The van der Waals surface area contributed by atoms with Crippen LogP contribution in [-0.4, -0.2) is 24.5 Å². The Labute approximate surface area is 84.5 Å². The molecule has 0 saturated carbocycles. The molecule has 13 heavy (non-hydrogen) atoms. The van der Waals surface area contributed by atoms with Crippen LogP contribution in [0.15, 0.2) is 0 Å². The third-order valence-electron chi connectivity index (χ3n) is 2.90. The molecule has 0 aliphatic carbocycles. The Hall–Kier alpha value is -0.0400. The standard InChI is InChI=1S/C11H23N.CH4/c1-11(2,3)8-7-10-6-5-9-12(10)4;/h10H,5-9H2,1-4H3;1H4. The molecule has 0 aromatic carbocycles. The second kappa shape index (κ2) is 4.99. The van der Waals surface area contributed by atoms with E-state index in [2.05, 4.69) is 32.7 Å². The Morgan fingerprint density at radius 1 is 1.31 bits per heavy atom. The summed E-state index contributed by atoms with van der Waals surface area (Å²) in [5, 5.41) is 0. The lowest BCUT2D eigenvalue weighted by atomic mass is 9.88. The summed E-state index contributed by atoms with van der Waals surface area (Å²) >= 11 is 0. The molecule has 0 aromatic rings. The molecule has 0 bridgehead atoms. The van der Waals surface area contributed by atoms with Crippen LogP contribution in [0.1, 0.15) is 53.9 Å². The number of rotatable bonds is 2. The highest BCUT2D eigenvalue weighted by Gasteiger charge is 2.22. The molecule has 1 aliphatic heterocycles. The Morgan fingerprint density at radius 3 is 2.31 bits per heavy atom. The van der Waals surface area contributed by atoms with Crippen molar-refractivity contribution in [2.24, 2.45) is 5.41 Å². The Balaban J connectivity index is 0.00000144. The van der Waals surface area contributed by atoms with Crippen LogP contribution < -0.4 is 0 Å². The molecule has 0 radical (unpaired) electrons. The minimum absolute atomic E-state index is 0. The largest absolute Gasteiger partial charge is 0.303 e. The normalized spacial score (nSPS) is 24.5. The highest BCUT2D eigenvalue weighted by Crippen LogP contribution is 2.26. The molecule has 1 saturated heterocycles. The van der Waals surface area contributed by atoms with Crippen molar-refractivity contribution in [2.45, 2.75) is 59.9 Å². The predicted octanol–water partition coefficient (Wildman–Crippen LogP) is 3.54. The zero-order chi connectivity index (χ0) is 9.19. The van der Waals surface area contributed by atoms with Gasteiger partial charge in [-0.1, -0.05) is 28.2 Å². The van der Waals surface area contributed by atoms with E-state index in [1.807, 2.05) is 0 Å². The maximum Gasteiger partial charge on any atom is 0.00928 e. The minimum atomic E-state index is 0. The summed E-state index contributed by atoms with van der Waals surface area (Å²) in [6.07, 6.45) is 5.58. The number of hydrogen-bond donors (Lipinski definition) is 0. The third kappa shape index (κ3) is 4.66. The molecular formula is C12H27N. The van der Waals surface area contributed by atoms with Crippen molar-refractivity contribution in [2.75, 3.05) is 13.6 Å². The van der Waals surface area contributed by atoms with Gasteiger partial charge in [0.15, 0.2) is 0 Å². The van der Waals surface area contributed by atoms with Gasteiger partial charge in [0.2, 0.25) is 0 Å². The van der Waals surface area contributed by atoms with Crippen molar-refractivity contribution in [3.63, 3.8) is 0 Å². The average Bonchev–Trinajstić information content (AvgIpc) is 2.29. The fourth-order valence-electron chi connectivity index (χ4n) is 1.94. The van der Waals surface area contributed by atoms with Crippen LogP contribution in [0.3, 0.4) is 0 Å². The van der Waals surface area contributed by atoms with Gasteiger partial charge in [0.25, 0.3) is 0 Å². The summed E-state index contributed by atoms with van der Waals surface area (Å²) in [6, 6.07) is 0.879. The summed E-state index contributed by atoms with van der Waals surface area (Å²) in [5.74, 6) is 0. The Kier molecular flexibility index (Phi) is 4.98. The van der Waals surface area contributed by atoms with Gasteiger partial charge in [-0.2, -0.15) is 0 Å². The van der Waals surface area contributed by atoms with Crippen molar-refractivity contribution in [1.29, 1.82) is 0 Å². The van der Waals surface area contributed by atoms with Crippen LogP contribution in [0.4, 0.5) is 0 Å². The maximum atomic E-state index is 2.52. The van der Waals surface area contributed by atoms with Crippen molar-refractivity contribution in [3.05, 3.63) is 0 Å². The van der Waals surface area contributed by atoms with Gasteiger partial charge in [0, 0.05) is 6.04 Å². The van der Waals surface area contributed by atoms with Crippen molar-refractivity contribution >= 4 is 0 Å². The van der Waals surface area contributed by atoms with E-state index in [9.17, 15) is 0 Å². The first-order valence-corrected chi connectivity index (χ1v) is 5.19. The summed E-state index contributed by atoms with van der Waals surface area (Å²) in [7, 11) is 2.26. The SMILES string of the molecule is C.CN1CCCC1CCC(C)(C)C. The molecule has 1 aliphatic rings. The van der Waals surface area contributed by atoms with Crippen LogP contribution in [0.2, 0.25) is 0 Å². The molecule has 1 heteroatoms. The second-order valence-corrected chi connectivity index (χ2v) is 5.38. The van der Waals surface area contributed by atoms with Crippen LogP contribution in [0, 0.1) is 5.41 Å². The fraction of sp³-hybridized carbons (Fsp3) is 1.00. The molecule has 0 N–H and O–H groups in total. The van der Waals surface area contributed by atoms with Crippen molar-refractivity contribution < 1.29 is 0 Å². The number of likely N-dealkylation sites (tertiary alicyclic amines) is 1. The lowest BCUT2D eigenvalue weighted by molar-refractivity contribution is 0.254. The smallest absolute Gasteiger partial charge is 0.00928 e. The summed E-state index contributed by atoms with van der Waals surface area (Å²) < 4.78 is 0. The van der Waals surface area contributed by atoms with E-state index in [0.717, 1.165) is 6.04 Å². The molecule has 1 nitrogen and oxygen atoms in total. The van der Waals surface area contributed by atoms with Gasteiger partial charge in [-0.25, -0.2) is 0 Å². The molecule has 1 heterocycles. The highest BCUT2D eigenvalue weighted by atomic mass is 15.1. The Morgan fingerprint density at radius 2 is 1.92 bits per heavy atom. The predicted molar refractivity (Wildman–Crippen MR) is 61.1 cm³/mol. The van der Waals surface area contributed by atoms with E-state index in [1.54, 1.807) is 0 Å². The average molecular weight is 185 g/mol. The molecule has 1 fully saturated rings. The van der Waals surface area contributed by atoms with E-state index in [-0.39, 0.29) is 7.43 Å². The van der Waals surface area contributed by atoms with Crippen LogP contribution >= 0.6 is 0 Å². The van der Waals surface area contributed by atoms with Crippen LogP contribution in [0.5, 0.6) is 0 Å². The zero-order valence-electron chi connectivity index (χ0n) is 9.06. The van der Waals surface area contributed by atoms with Gasteiger partial charge in [-0.05, 0) is 44.7 Å². The van der Waals surface area contributed by atoms with Gasteiger partial charge in [0.05, 0.1) is 0 Å². The highest BCUT2D eigenvalue weighted by molar-refractivity contribution is 4.78. The third-order valence-corrected chi connectivity index (χ3v) is 2.90. The molecule has 0 spiro atoms. The fourth-order valence-corrected chi connectivity index (χ4v) is 1.94. The molecular weight excluding hydrogens is 158 g/mol. The van der Waals surface area contributed by atoms with E-state index in [1.165, 1.54) is 32.2 Å². The van der Waals surface area contributed by atoms with E-state index >= 15 is 0 Å². The molecule has 0 amide bonds. The number of nitrogens with zero attached hydrogens (tertiary/aromatic N) is 1.